The van der Waals surface area contributed by atoms with Gasteiger partial charge in [0, 0.05) is 16.6 Å². The van der Waals surface area contributed by atoms with Crippen molar-refractivity contribution in [3.8, 4) is 5.75 Å². The predicted octanol–water partition coefficient (Wildman–Crippen LogP) is 2.81. The number of sulfonamides is 1. The minimum absolute atomic E-state index is 0.136. The number of anilines is 1. The summed E-state index contributed by atoms with van der Waals surface area (Å²) in [5.74, 6) is 0.733. The van der Waals surface area contributed by atoms with Crippen LogP contribution in [0.1, 0.15) is 18.2 Å². The summed E-state index contributed by atoms with van der Waals surface area (Å²) in [4.78, 5) is 0.136. The largest absolute Gasteiger partial charge is 0.494 e. The van der Waals surface area contributed by atoms with Gasteiger partial charge in [0.25, 0.3) is 10.0 Å². The molecule has 21 heavy (non-hydrogen) atoms. The van der Waals surface area contributed by atoms with Crippen LogP contribution in [0, 0.1) is 6.92 Å². The Balaban J connectivity index is 2.30. The number of benzene rings is 1. The lowest BCUT2D eigenvalue weighted by atomic mass is 10.2. The molecule has 0 saturated carbocycles. The smallest absolute Gasteiger partial charge is 0.265 e. The van der Waals surface area contributed by atoms with Crippen LogP contribution in [0.3, 0.4) is 0 Å². The number of H-pyrrole nitrogens is 1. The third kappa shape index (κ3) is 3.56. The molecule has 2 rings (SSSR count). The van der Waals surface area contributed by atoms with Gasteiger partial charge in [-0.25, -0.2) is 8.42 Å². The fourth-order valence-electron chi connectivity index (χ4n) is 1.86. The summed E-state index contributed by atoms with van der Waals surface area (Å²) in [6.07, 6.45) is 1.29. The average molecular weight is 374 g/mol. The normalized spacial score (nSPS) is 11.4. The Morgan fingerprint density at radius 2 is 2.19 bits per heavy atom. The second-order valence-corrected chi connectivity index (χ2v) is 6.57. The molecule has 1 heterocycles. The lowest BCUT2D eigenvalue weighted by Gasteiger charge is -2.12. The molecule has 1 aromatic heterocycles. The van der Waals surface area contributed by atoms with Crippen molar-refractivity contribution in [1.82, 2.24) is 10.2 Å². The molecule has 0 aliphatic carbocycles. The van der Waals surface area contributed by atoms with E-state index in [0.717, 1.165) is 11.3 Å². The van der Waals surface area contributed by atoms with Crippen molar-refractivity contribution in [1.29, 1.82) is 0 Å². The van der Waals surface area contributed by atoms with E-state index in [1.54, 1.807) is 25.1 Å². The fourth-order valence-corrected chi connectivity index (χ4v) is 3.49. The molecule has 0 radical (unpaired) electrons. The molecule has 0 saturated heterocycles. The number of hydrogen-bond donors (Lipinski definition) is 2. The van der Waals surface area contributed by atoms with Crippen molar-refractivity contribution < 1.29 is 13.2 Å². The first kappa shape index (κ1) is 15.8. The lowest BCUT2D eigenvalue weighted by molar-refractivity contribution is 0.338. The molecule has 6 nitrogen and oxygen atoms in total. The summed E-state index contributed by atoms with van der Waals surface area (Å²) in [5.41, 5.74) is 1.85. The van der Waals surface area contributed by atoms with Gasteiger partial charge in [-0.05, 0) is 32.0 Å². The molecule has 0 spiro atoms. The van der Waals surface area contributed by atoms with Crippen LogP contribution in [-0.2, 0) is 15.4 Å². The number of nitrogens with one attached hydrogen (secondary N) is 2. The van der Waals surface area contributed by atoms with Crippen LogP contribution in [0.4, 0.5) is 5.69 Å². The van der Waals surface area contributed by atoms with Gasteiger partial charge < -0.3 is 4.74 Å². The highest BCUT2D eigenvalue weighted by Gasteiger charge is 2.19. The quantitative estimate of drug-likeness (QED) is 0.762. The highest BCUT2D eigenvalue weighted by molar-refractivity contribution is 9.08. The van der Waals surface area contributed by atoms with Gasteiger partial charge in [-0.3, -0.25) is 9.82 Å². The van der Waals surface area contributed by atoms with Gasteiger partial charge >= 0.3 is 0 Å². The van der Waals surface area contributed by atoms with Crippen LogP contribution < -0.4 is 9.46 Å². The molecule has 8 heteroatoms. The molecule has 0 amide bonds. The van der Waals surface area contributed by atoms with E-state index < -0.39 is 10.0 Å². The SMILES string of the molecule is CCOc1ccc(NS(=O)(=O)c2cn[nH]c2C)cc1CBr. The molecule has 0 aliphatic heterocycles. The number of rotatable bonds is 6. The van der Waals surface area contributed by atoms with Gasteiger partial charge in [0.2, 0.25) is 0 Å². The first-order chi connectivity index (χ1) is 9.97. The monoisotopic (exact) mass is 373 g/mol. The van der Waals surface area contributed by atoms with Crippen LogP contribution >= 0.6 is 15.9 Å². The first-order valence-corrected chi connectivity index (χ1v) is 8.93. The van der Waals surface area contributed by atoms with E-state index in [1.807, 2.05) is 6.92 Å². The zero-order valence-electron chi connectivity index (χ0n) is 11.7. The second kappa shape index (κ2) is 6.48. The first-order valence-electron chi connectivity index (χ1n) is 6.32. The van der Waals surface area contributed by atoms with E-state index in [4.69, 9.17) is 4.74 Å². The summed E-state index contributed by atoms with van der Waals surface area (Å²) in [6.45, 7) is 4.11. The average Bonchev–Trinajstić information content (AvgIpc) is 2.87. The molecular weight excluding hydrogens is 358 g/mol. The summed E-state index contributed by atoms with van der Waals surface area (Å²) in [6, 6.07) is 5.16. The van der Waals surface area contributed by atoms with Crippen LogP contribution in [0.25, 0.3) is 0 Å². The van der Waals surface area contributed by atoms with Crippen molar-refractivity contribution in [3.63, 3.8) is 0 Å². The molecule has 2 aromatic rings. The van der Waals surface area contributed by atoms with Gasteiger partial charge in [-0.15, -0.1) is 0 Å². The molecule has 0 aliphatic rings. The number of aryl methyl sites for hydroxylation is 1. The number of aromatic nitrogens is 2. The summed E-state index contributed by atoms with van der Waals surface area (Å²) < 4.78 is 32.6. The van der Waals surface area contributed by atoms with Crippen LogP contribution in [-0.4, -0.2) is 25.2 Å². The van der Waals surface area contributed by atoms with E-state index in [0.29, 0.717) is 23.3 Å². The maximum Gasteiger partial charge on any atom is 0.265 e. The van der Waals surface area contributed by atoms with Gasteiger partial charge in [0.05, 0.1) is 18.5 Å². The molecule has 2 N–H and O–H groups in total. The topological polar surface area (TPSA) is 84.1 Å². The molecule has 1 aromatic carbocycles. The van der Waals surface area contributed by atoms with Crippen LogP contribution in [0.5, 0.6) is 5.75 Å². The Kier molecular flexibility index (Phi) is 4.89. The van der Waals surface area contributed by atoms with Crippen molar-refractivity contribution in [2.24, 2.45) is 0 Å². The van der Waals surface area contributed by atoms with Gasteiger partial charge in [0.15, 0.2) is 0 Å². The van der Waals surface area contributed by atoms with E-state index in [2.05, 4.69) is 30.8 Å². The van der Waals surface area contributed by atoms with E-state index in [9.17, 15) is 8.42 Å². The Labute approximate surface area is 132 Å². The van der Waals surface area contributed by atoms with E-state index in [1.165, 1.54) is 6.20 Å². The molecular formula is C13H16BrN3O3S. The highest BCUT2D eigenvalue weighted by atomic mass is 79.9. The number of nitrogens with zero attached hydrogens (tertiary/aromatic N) is 1. The maximum absolute atomic E-state index is 12.3. The fraction of sp³-hybridized carbons (Fsp3) is 0.308. The summed E-state index contributed by atoms with van der Waals surface area (Å²) >= 11 is 3.37. The maximum atomic E-state index is 12.3. The van der Waals surface area contributed by atoms with Crippen LogP contribution in [0.2, 0.25) is 0 Å². The van der Waals surface area contributed by atoms with Gasteiger partial charge in [-0.1, -0.05) is 15.9 Å². The molecule has 0 unspecified atom stereocenters. The van der Waals surface area contributed by atoms with Crippen LogP contribution in [0.15, 0.2) is 29.3 Å². The molecule has 0 fully saturated rings. The summed E-state index contributed by atoms with van der Waals surface area (Å²) in [5, 5.41) is 6.91. The zero-order valence-corrected chi connectivity index (χ0v) is 14.1. The number of aromatic amines is 1. The number of ether oxygens (including phenoxy) is 1. The third-order valence-electron chi connectivity index (χ3n) is 2.83. The van der Waals surface area contributed by atoms with Crippen molar-refractivity contribution >= 4 is 31.6 Å². The predicted molar refractivity (Wildman–Crippen MR) is 84.4 cm³/mol. The molecule has 114 valence electrons. The third-order valence-corrected chi connectivity index (χ3v) is 4.93. The zero-order chi connectivity index (χ0) is 15.5. The lowest BCUT2D eigenvalue weighted by Crippen LogP contribution is -2.13. The second-order valence-electron chi connectivity index (χ2n) is 4.35. The number of halogens is 1. The van der Waals surface area contributed by atoms with Crippen molar-refractivity contribution in [3.05, 3.63) is 35.7 Å². The number of alkyl halides is 1. The van der Waals surface area contributed by atoms with Gasteiger partial charge in [-0.2, -0.15) is 5.10 Å². The minimum Gasteiger partial charge on any atom is -0.494 e. The highest BCUT2D eigenvalue weighted by Crippen LogP contribution is 2.26. The van der Waals surface area contributed by atoms with Crippen molar-refractivity contribution in [2.45, 2.75) is 24.1 Å². The molecule has 0 bridgehead atoms. The Bertz CT molecular complexity index is 728. The minimum atomic E-state index is -3.65. The summed E-state index contributed by atoms with van der Waals surface area (Å²) in [7, 11) is -3.65. The van der Waals surface area contributed by atoms with Gasteiger partial charge in [0.1, 0.15) is 10.6 Å². The molecule has 0 atom stereocenters. The van der Waals surface area contributed by atoms with E-state index >= 15 is 0 Å². The standard InChI is InChI=1S/C13H16BrN3O3S/c1-3-20-12-5-4-11(6-10(12)7-14)17-21(18,19)13-8-15-16-9(13)2/h4-6,8,17H,3,7H2,1-2H3,(H,15,16). The Morgan fingerprint density at radius 1 is 1.43 bits per heavy atom. The van der Waals surface area contributed by atoms with Crippen molar-refractivity contribution in [2.75, 3.05) is 11.3 Å². The Hall–Kier alpha value is -1.54. The van der Waals surface area contributed by atoms with E-state index in [-0.39, 0.29) is 4.90 Å². The Morgan fingerprint density at radius 3 is 2.76 bits per heavy atom. The number of hydrogen-bond acceptors (Lipinski definition) is 4.